The number of rotatable bonds is 25. The van der Waals surface area contributed by atoms with Crippen LogP contribution in [0, 0.1) is 27.7 Å². The highest BCUT2D eigenvalue weighted by atomic mass is 32.5. The van der Waals surface area contributed by atoms with Gasteiger partial charge in [-0.15, -0.1) is 0 Å². The average molecular weight is 1460 g/mol. The second-order valence-electron chi connectivity index (χ2n) is 24.6. The highest BCUT2D eigenvalue weighted by Crippen LogP contribution is 2.56. The molecular formula is C60H84N10O24P2S2. The van der Waals surface area contributed by atoms with E-state index in [1.54, 1.807) is 30.6 Å². The Kier molecular flexibility index (Phi) is 25.4. The molecule has 16 atom stereocenters. The van der Waals surface area contributed by atoms with Gasteiger partial charge in [0.2, 0.25) is 11.8 Å². The minimum atomic E-state index is -3.73. The maximum Gasteiger partial charge on any atom is 0.508 e. The van der Waals surface area contributed by atoms with Crippen molar-refractivity contribution in [2.45, 2.75) is 205 Å². The lowest BCUT2D eigenvalue weighted by atomic mass is 10.1. The van der Waals surface area contributed by atoms with E-state index in [4.69, 9.17) is 79.2 Å². The van der Waals surface area contributed by atoms with Gasteiger partial charge in [0.25, 0.3) is 22.2 Å². The average Bonchev–Trinajstić information content (AvgIpc) is 1.63. The summed E-state index contributed by atoms with van der Waals surface area (Å²) in [7, 11) is 0. The van der Waals surface area contributed by atoms with Gasteiger partial charge in [-0.2, -0.15) is 0 Å². The number of hydrogen-bond acceptors (Lipinski definition) is 26. The van der Waals surface area contributed by atoms with Crippen LogP contribution in [-0.4, -0.2) is 178 Å². The molecule has 6 fully saturated rings. The number of aliphatic hydroxyl groups excluding tert-OH is 1. The molecule has 16 unspecified atom stereocenters. The number of amides is 2. The zero-order valence-electron chi connectivity index (χ0n) is 55.4. The molecule has 0 spiro atoms. The van der Waals surface area contributed by atoms with Crippen molar-refractivity contribution in [2.75, 3.05) is 46.1 Å². The summed E-state index contributed by atoms with van der Waals surface area (Å²) in [4.78, 5) is 148. The Morgan fingerprint density at radius 1 is 0.541 bits per heavy atom. The van der Waals surface area contributed by atoms with Crippen LogP contribution in [0.4, 0.5) is 4.79 Å². The molecule has 38 heteroatoms. The number of carbonyl (C=O) groups excluding carboxylic acids is 3. The van der Waals surface area contributed by atoms with Crippen LogP contribution in [0.2, 0.25) is 0 Å². The van der Waals surface area contributed by atoms with Crippen LogP contribution in [-0.2, 0) is 88.8 Å². The first-order chi connectivity index (χ1) is 46.5. The molecule has 0 aromatic carbocycles. The van der Waals surface area contributed by atoms with Gasteiger partial charge < -0.3 is 70.5 Å². The number of likely N-dealkylation sites (tertiary alicyclic amines) is 2. The van der Waals surface area contributed by atoms with Gasteiger partial charge in [0.05, 0.1) is 69.0 Å². The molecule has 4 aromatic rings. The van der Waals surface area contributed by atoms with Crippen LogP contribution in [0.25, 0.3) is 0 Å². The van der Waals surface area contributed by atoms with Gasteiger partial charge >= 0.3 is 42.4 Å². The van der Waals surface area contributed by atoms with Crippen LogP contribution in [0.5, 0.6) is 0 Å². The molecule has 0 bridgehead atoms. The SMILES string of the molecule is C=CCOC(=O)OC1CC(n2cc(C)c(=O)[nH]c2=O)OC1COP(=S)(OCC1CCCN1C(C)=O)OC1CC(n2cc(C)c(=O)[nH]c2=O)OC1CC.CCC1OC(n2cc(C)c(=O)[nH]c2=O)CC1OP(=S)(OCC1OC(n2cc(C)c(=O)[nH]c2=O)CC1O)OCC1CCCN1C(C)=O. The topological polar surface area (TPSA) is 408 Å². The van der Waals surface area contributed by atoms with Crippen LogP contribution >= 0.6 is 13.4 Å². The molecular weight excluding hydrogens is 1370 g/mol. The quantitative estimate of drug-likeness (QED) is 0.0362. The number of nitrogens with zero attached hydrogens (tertiary/aromatic N) is 6. The van der Waals surface area contributed by atoms with Crippen molar-refractivity contribution < 1.29 is 75.1 Å². The van der Waals surface area contributed by atoms with E-state index in [0.717, 1.165) is 19.3 Å². The molecule has 0 radical (unpaired) electrons. The summed E-state index contributed by atoms with van der Waals surface area (Å²) < 4.78 is 77.7. The monoisotopic (exact) mass is 1450 g/mol. The molecule has 5 N–H and O–H groups in total. The molecule has 6 saturated heterocycles. The predicted molar refractivity (Wildman–Crippen MR) is 354 cm³/mol. The molecule has 98 heavy (non-hydrogen) atoms. The second-order valence-corrected chi connectivity index (χ2v) is 30.6. The molecule has 4 aromatic heterocycles. The third-order valence-electron chi connectivity index (χ3n) is 17.7. The molecule has 2 amide bonds. The Morgan fingerprint density at radius 3 is 1.24 bits per heavy atom. The van der Waals surface area contributed by atoms with E-state index in [1.165, 1.54) is 69.9 Å². The normalized spacial score (nSPS) is 28.1. The lowest BCUT2D eigenvalue weighted by Gasteiger charge is -2.30. The van der Waals surface area contributed by atoms with E-state index in [9.17, 15) is 57.8 Å². The van der Waals surface area contributed by atoms with Crippen LogP contribution in [0.1, 0.15) is 139 Å². The second kappa shape index (κ2) is 32.9. The van der Waals surface area contributed by atoms with E-state index >= 15 is 0 Å². The molecule has 0 saturated carbocycles. The lowest BCUT2D eigenvalue weighted by Crippen LogP contribution is -2.37. The smallest absolute Gasteiger partial charge is 0.430 e. The molecule has 10 heterocycles. The maximum absolute atomic E-state index is 12.7. The van der Waals surface area contributed by atoms with Gasteiger partial charge in [-0.3, -0.25) is 67.0 Å². The summed E-state index contributed by atoms with van der Waals surface area (Å²) in [5, 5.41) is 10.8. The van der Waals surface area contributed by atoms with Crippen molar-refractivity contribution in [3.05, 3.63) is 143 Å². The van der Waals surface area contributed by atoms with Crippen molar-refractivity contribution in [3.8, 4) is 0 Å². The van der Waals surface area contributed by atoms with Gasteiger partial charge in [0, 0.05) is 99.7 Å². The molecule has 0 aliphatic carbocycles. The van der Waals surface area contributed by atoms with E-state index in [0.29, 0.717) is 49.0 Å². The fraction of sp³-hybridized carbons (Fsp3) is 0.650. The fourth-order valence-electron chi connectivity index (χ4n) is 12.4. The van der Waals surface area contributed by atoms with E-state index in [2.05, 4.69) is 26.5 Å². The van der Waals surface area contributed by atoms with Crippen LogP contribution < -0.4 is 45.0 Å². The van der Waals surface area contributed by atoms with Crippen molar-refractivity contribution in [1.82, 2.24) is 48.0 Å². The summed E-state index contributed by atoms with van der Waals surface area (Å²) in [6.07, 6.45) is 0.614. The third-order valence-corrected chi connectivity index (χ3v) is 22.4. The summed E-state index contributed by atoms with van der Waals surface area (Å²) >= 11 is 11.8. The molecule has 34 nitrogen and oxygen atoms in total. The number of aromatic amines is 4. The number of aryl methyl sites for hydroxylation is 4. The Balaban J connectivity index is 0.000000231. The molecule has 6 aliphatic rings. The van der Waals surface area contributed by atoms with Crippen LogP contribution in [0.3, 0.4) is 0 Å². The number of H-pyrrole nitrogens is 4. The van der Waals surface area contributed by atoms with E-state index < -0.39 is 138 Å². The van der Waals surface area contributed by atoms with Gasteiger partial charge in [-0.1, -0.05) is 26.5 Å². The van der Waals surface area contributed by atoms with Gasteiger partial charge in [-0.25, -0.2) is 24.0 Å². The van der Waals surface area contributed by atoms with Crippen molar-refractivity contribution in [3.63, 3.8) is 0 Å². The van der Waals surface area contributed by atoms with E-state index in [1.807, 2.05) is 13.8 Å². The Hall–Kier alpha value is -6.47. The summed E-state index contributed by atoms with van der Waals surface area (Å²) in [6.45, 7) is 9.74. The minimum absolute atomic E-state index is 0.00771. The molecule has 6 aliphatic heterocycles. The number of aromatic nitrogens is 8. The van der Waals surface area contributed by atoms with Gasteiger partial charge in [0.1, 0.15) is 49.8 Å². The van der Waals surface area contributed by atoms with Crippen molar-refractivity contribution in [2.24, 2.45) is 0 Å². The zero-order valence-corrected chi connectivity index (χ0v) is 58.9. The highest BCUT2D eigenvalue weighted by Gasteiger charge is 2.47. The fourth-order valence-corrected chi connectivity index (χ4v) is 16.7. The molecule has 540 valence electrons. The highest BCUT2D eigenvalue weighted by molar-refractivity contribution is 8.07. The maximum atomic E-state index is 12.7. The molecule has 10 rings (SSSR count). The third kappa shape index (κ3) is 18.4. The van der Waals surface area contributed by atoms with E-state index in [-0.39, 0.29) is 88.2 Å². The zero-order chi connectivity index (χ0) is 71.1. The number of hydrogen-bond donors (Lipinski definition) is 5. The number of nitrogens with one attached hydrogen (secondary N) is 4. The van der Waals surface area contributed by atoms with Crippen molar-refractivity contribution >= 4 is 55.0 Å². The first-order valence-electron chi connectivity index (χ1n) is 32.2. The van der Waals surface area contributed by atoms with Crippen LogP contribution in [0.15, 0.2) is 75.8 Å². The summed E-state index contributed by atoms with van der Waals surface area (Å²) in [5.74, 6) is -0.190. The first kappa shape index (κ1) is 75.7. The standard InChI is InChI=1S/C32H44N5O13PS.C28H40N5O11PS/c1-6-11-44-32(43)49-23-12-26(36-14-18(3)28(39)33-30(36)41)48-25(23)17-46-51(52,45-16-21-9-8-10-35(21)20(5)38)50-24-13-27(47-22(24)7-2)37-15-19(4)29(40)34-31(37)42;1-5-20-21(10-24(42-20)33-12-16(3)26(37)30-28(33)39)44-45(46,40-13-18-7-6-8-31(18)17(4)34)41-14-22-19(35)9-23(43-22)32-11-15(2)25(36)29-27(32)38/h6,14-15,21-27H,1,7-13,16-17H2,2-5H3,(H,33,39,41)(H,34,40,42);11-12,18-24,35H,5-10,13-14H2,1-4H3,(H,29,36,38)(H,30,37,39). The lowest BCUT2D eigenvalue weighted by molar-refractivity contribution is -0.131. The Labute approximate surface area is 570 Å². The predicted octanol–water partition coefficient (Wildman–Crippen LogP) is 2.75. The minimum Gasteiger partial charge on any atom is -0.430 e. The Bertz CT molecular complexity index is 4170. The van der Waals surface area contributed by atoms with Gasteiger partial charge in [0.15, 0.2) is 0 Å². The Morgan fingerprint density at radius 2 is 0.878 bits per heavy atom. The number of carbonyl (C=O) groups is 3. The number of aliphatic hydroxyl groups is 1. The summed E-state index contributed by atoms with van der Waals surface area (Å²) in [6, 6.07) is -0.500. The summed E-state index contributed by atoms with van der Waals surface area (Å²) in [5.41, 5.74) is -3.47. The largest absolute Gasteiger partial charge is 0.508 e. The first-order valence-corrected chi connectivity index (χ1v) is 37.3. The number of ether oxygens (including phenoxy) is 6. The van der Waals surface area contributed by atoms with Crippen molar-refractivity contribution in [1.29, 1.82) is 0 Å². The van der Waals surface area contributed by atoms with Gasteiger partial charge in [-0.05, 0) is 89.8 Å².